The van der Waals surface area contributed by atoms with E-state index in [1.807, 2.05) is 0 Å². The van der Waals surface area contributed by atoms with Gasteiger partial charge in [0.15, 0.2) is 5.58 Å². The van der Waals surface area contributed by atoms with Crippen LogP contribution in [-0.4, -0.2) is 30.6 Å². The predicted molar refractivity (Wildman–Crippen MR) is 78.4 cm³/mol. The number of hydrogen-bond donors (Lipinski definition) is 2. The van der Waals surface area contributed by atoms with Gasteiger partial charge < -0.3 is 15.5 Å². The summed E-state index contributed by atoms with van der Waals surface area (Å²) in [6, 6.07) is 4.62. The highest BCUT2D eigenvalue weighted by Crippen LogP contribution is 2.21. The zero-order chi connectivity index (χ0) is 15.8. The highest BCUT2D eigenvalue weighted by atomic mass is 32.2. The summed E-state index contributed by atoms with van der Waals surface area (Å²) in [6.07, 6.45) is 0. The van der Waals surface area contributed by atoms with Crippen molar-refractivity contribution >= 4 is 32.5 Å². The maximum absolute atomic E-state index is 12.1. The molecule has 0 saturated heterocycles. The van der Waals surface area contributed by atoms with E-state index in [1.165, 1.54) is 12.1 Å². The van der Waals surface area contributed by atoms with Crippen LogP contribution in [0.5, 0.6) is 0 Å². The standard InChI is InChI=1S/C13H17N3O4S/c1-13(2,3)16-11(17)7-21(18,19)12-15-9-6-8(14)4-5-10(9)20-12/h4-6H,7,14H2,1-3H3,(H,16,17). The normalized spacial score (nSPS) is 12.5. The number of nitrogens with zero attached hydrogens (tertiary/aromatic N) is 1. The second-order valence-corrected chi connectivity index (χ2v) is 7.63. The molecular formula is C13H17N3O4S. The first-order chi connectivity index (χ1) is 9.57. The van der Waals surface area contributed by atoms with Gasteiger partial charge in [0, 0.05) is 11.2 Å². The number of nitrogen functional groups attached to an aromatic ring is 1. The van der Waals surface area contributed by atoms with Crippen molar-refractivity contribution < 1.29 is 17.6 Å². The first-order valence-electron chi connectivity index (χ1n) is 6.27. The van der Waals surface area contributed by atoms with Crippen molar-refractivity contribution in [2.24, 2.45) is 0 Å². The lowest BCUT2D eigenvalue weighted by Gasteiger charge is -2.19. The van der Waals surface area contributed by atoms with E-state index in [1.54, 1.807) is 26.8 Å². The molecule has 2 rings (SSSR count). The summed E-state index contributed by atoms with van der Waals surface area (Å²) in [5.74, 6) is -1.32. The largest absolute Gasteiger partial charge is 0.428 e. The summed E-state index contributed by atoms with van der Waals surface area (Å²) in [4.78, 5) is 15.6. The summed E-state index contributed by atoms with van der Waals surface area (Å²) >= 11 is 0. The quantitative estimate of drug-likeness (QED) is 0.820. The number of amides is 1. The number of sulfone groups is 1. The molecule has 0 spiro atoms. The van der Waals surface area contributed by atoms with Crippen LogP contribution < -0.4 is 11.1 Å². The fourth-order valence-electron chi connectivity index (χ4n) is 1.75. The van der Waals surface area contributed by atoms with Crippen LogP contribution >= 0.6 is 0 Å². The van der Waals surface area contributed by atoms with Crippen molar-refractivity contribution in [1.82, 2.24) is 10.3 Å². The summed E-state index contributed by atoms with van der Waals surface area (Å²) in [6.45, 7) is 5.29. The first-order valence-corrected chi connectivity index (χ1v) is 7.92. The Bertz CT molecular complexity index is 787. The monoisotopic (exact) mass is 311 g/mol. The topological polar surface area (TPSA) is 115 Å². The van der Waals surface area contributed by atoms with Crippen LogP contribution in [0.2, 0.25) is 0 Å². The molecule has 0 aliphatic carbocycles. The smallest absolute Gasteiger partial charge is 0.316 e. The van der Waals surface area contributed by atoms with E-state index < -0.39 is 32.3 Å². The summed E-state index contributed by atoms with van der Waals surface area (Å²) < 4.78 is 29.5. The van der Waals surface area contributed by atoms with Gasteiger partial charge in [0.25, 0.3) is 0 Å². The predicted octanol–water partition coefficient (Wildman–Crippen LogP) is 1.10. The molecule has 1 aromatic heterocycles. The van der Waals surface area contributed by atoms with Crippen LogP contribution in [0.25, 0.3) is 11.1 Å². The number of carbonyl (C=O) groups is 1. The van der Waals surface area contributed by atoms with Gasteiger partial charge in [-0.25, -0.2) is 8.42 Å². The van der Waals surface area contributed by atoms with Crippen molar-refractivity contribution in [2.45, 2.75) is 31.5 Å². The number of hydrogen-bond acceptors (Lipinski definition) is 6. The summed E-state index contributed by atoms with van der Waals surface area (Å²) in [5.41, 5.74) is 6.18. The second-order valence-electron chi connectivity index (χ2n) is 5.76. The molecule has 3 N–H and O–H groups in total. The van der Waals surface area contributed by atoms with Crippen LogP contribution in [0.3, 0.4) is 0 Å². The molecule has 0 bridgehead atoms. The molecule has 0 aliphatic heterocycles. The number of anilines is 1. The molecular weight excluding hydrogens is 294 g/mol. The van der Waals surface area contributed by atoms with E-state index in [-0.39, 0.29) is 0 Å². The van der Waals surface area contributed by atoms with Crippen molar-refractivity contribution in [1.29, 1.82) is 0 Å². The molecule has 0 radical (unpaired) electrons. The molecule has 8 heteroatoms. The van der Waals surface area contributed by atoms with E-state index in [0.29, 0.717) is 16.8 Å². The Morgan fingerprint density at radius 2 is 2.05 bits per heavy atom. The number of oxazole rings is 1. The van der Waals surface area contributed by atoms with Gasteiger partial charge in [-0.15, -0.1) is 0 Å². The number of rotatable bonds is 3. The van der Waals surface area contributed by atoms with E-state index in [2.05, 4.69) is 10.3 Å². The Hall–Kier alpha value is -2.09. The minimum absolute atomic E-state index is 0.305. The molecule has 1 heterocycles. The van der Waals surface area contributed by atoms with Crippen LogP contribution in [0.15, 0.2) is 27.8 Å². The van der Waals surface area contributed by atoms with Crippen molar-refractivity contribution in [2.75, 3.05) is 11.5 Å². The van der Waals surface area contributed by atoms with Gasteiger partial charge in [-0.3, -0.25) is 4.79 Å². The van der Waals surface area contributed by atoms with Crippen LogP contribution in [0.4, 0.5) is 5.69 Å². The number of nitrogens with one attached hydrogen (secondary N) is 1. The Morgan fingerprint density at radius 1 is 1.38 bits per heavy atom. The third-order valence-corrected chi connectivity index (χ3v) is 3.84. The molecule has 0 unspecified atom stereocenters. The van der Waals surface area contributed by atoms with Gasteiger partial charge in [0.2, 0.25) is 15.7 Å². The fourth-order valence-corrected chi connectivity index (χ4v) is 2.74. The third kappa shape index (κ3) is 3.72. The van der Waals surface area contributed by atoms with E-state index in [4.69, 9.17) is 10.2 Å². The van der Waals surface area contributed by atoms with Gasteiger partial charge in [-0.1, -0.05) is 0 Å². The minimum Gasteiger partial charge on any atom is -0.428 e. The highest BCUT2D eigenvalue weighted by molar-refractivity contribution is 7.91. The Labute approximate surface area is 122 Å². The SMILES string of the molecule is CC(C)(C)NC(=O)CS(=O)(=O)c1nc2cc(N)ccc2o1. The summed E-state index contributed by atoms with van der Waals surface area (Å²) in [7, 11) is -3.94. The lowest BCUT2D eigenvalue weighted by Crippen LogP contribution is -2.43. The number of aromatic nitrogens is 1. The zero-order valence-corrected chi connectivity index (χ0v) is 12.8. The van der Waals surface area contributed by atoms with Crippen molar-refractivity contribution in [3.63, 3.8) is 0 Å². The van der Waals surface area contributed by atoms with Gasteiger partial charge in [-0.2, -0.15) is 4.98 Å². The average molecular weight is 311 g/mol. The molecule has 7 nitrogen and oxygen atoms in total. The minimum atomic E-state index is -3.94. The number of carbonyl (C=O) groups excluding carboxylic acids is 1. The molecule has 1 amide bonds. The molecule has 21 heavy (non-hydrogen) atoms. The van der Waals surface area contributed by atoms with Crippen LogP contribution in [-0.2, 0) is 14.6 Å². The number of nitrogens with two attached hydrogens (primary N) is 1. The Morgan fingerprint density at radius 3 is 2.67 bits per heavy atom. The van der Waals surface area contributed by atoms with Gasteiger partial charge in [0.05, 0.1) is 0 Å². The molecule has 2 aromatic rings. The van der Waals surface area contributed by atoms with Crippen molar-refractivity contribution in [3.8, 4) is 0 Å². The highest BCUT2D eigenvalue weighted by Gasteiger charge is 2.27. The van der Waals surface area contributed by atoms with Crippen LogP contribution in [0, 0.1) is 0 Å². The second kappa shape index (κ2) is 5.03. The van der Waals surface area contributed by atoms with Gasteiger partial charge >= 0.3 is 5.22 Å². The fraction of sp³-hybridized carbons (Fsp3) is 0.385. The third-order valence-electron chi connectivity index (χ3n) is 2.49. The van der Waals surface area contributed by atoms with E-state index >= 15 is 0 Å². The first kappa shape index (κ1) is 15.3. The Balaban J connectivity index is 2.27. The Kier molecular flexibility index (Phi) is 3.66. The average Bonchev–Trinajstić information content (AvgIpc) is 2.68. The van der Waals surface area contributed by atoms with Gasteiger partial charge in [-0.05, 0) is 39.0 Å². The number of fused-ring (bicyclic) bond motifs is 1. The lowest BCUT2D eigenvalue weighted by molar-refractivity contribution is -0.120. The lowest BCUT2D eigenvalue weighted by atomic mass is 10.1. The molecule has 0 saturated carbocycles. The maximum atomic E-state index is 12.1. The molecule has 0 fully saturated rings. The van der Waals surface area contributed by atoms with Gasteiger partial charge in [0.1, 0.15) is 11.3 Å². The molecule has 1 aromatic carbocycles. The summed E-state index contributed by atoms with van der Waals surface area (Å²) in [5, 5.41) is 2.10. The van der Waals surface area contributed by atoms with Crippen LogP contribution in [0.1, 0.15) is 20.8 Å². The van der Waals surface area contributed by atoms with E-state index in [9.17, 15) is 13.2 Å². The maximum Gasteiger partial charge on any atom is 0.316 e. The molecule has 114 valence electrons. The van der Waals surface area contributed by atoms with E-state index in [0.717, 1.165) is 0 Å². The molecule has 0 atom stereocenters. The molecule has 0 aliphatic rings. The number of benzene rings is 1. The zero-order valence-electron chi connectivity index (χ0n) is 12.0. The van der Waals surface area contributed by atoms with Crippen molar-refractivity contribution in [3.05, 3.63) is 18.2 Å².